The third-order valence-electron chi connectivity index (χ3n) is 3.66. The highest BCUT2D eigenvalue weighted by molar-refractivity contribution is 7.89. The fraction of sp³-hybridized carbons (Fsp3) is 0.474. The van der Waals surface area contributed by atoms with Crippen molar-refractivity contribution in [3.05, 3.63) is 29.8 Å². The molecule has 0 aliphatic rings. The second-order valence-electron chi connectivity index (χ2n) is 7.61. The lowest BCUT2D eigenvalue weighted by atomic mass is 10.1. The predicted molar refractivity (Wildman–Crippen MR) is 108 cm³/mol. The van der Waals surface area contributed by atoms with Gasteiger partial charge in [-0.1, -0.05) is 12.1 Å². The zero-order valence-electron chi connectivity index (χ0n) is 17.6. The predicted octanol–water partition coefficient (Wildman–Crippen LogP) is 0.0838. The summed E-state index contributed by atoms with van der Waals surface area (Å²) >= 11 is 0. The first-order valence-corrected chi connectivity index (χ1v) is 10.5. The third-order valence-corrected chi connectivity index (χ3v) is 5.07. The maximum Gasteiger partial charge on any atom is 0.321 e. The van der Waals surface area contributed by atoms with Gasteiger partial charge in [0.2, 0.25) is 15.9 Å². The van der Waals surface area contributed by atoms with Gasteiger partial charge in [0.05, 0.1) is 11.4 Å². The number of likely N-dealkylation sites (N-methyl/N-ethyl adjacent to an activating group) is 1. The van der Waals surface area contributed by atoms with Crippen LogP contribution in [-0.4, -0.2) is 69.2 Å². The van der Waals surface area contributed by atoms with Gasteiger partial charge in [-0.25, -0.2) is 8.42 Å². The number of hydrogen-bond acceptors (Lipinski definition) is 7. The molecule has 30 heavy (non-hydrogen) atoms. The van der Waals surface area contributed by atoms with Crippen LogP contribution in [0.2, 0.25) is 0 Å². The van der Waals surface area contributed by atoms with Crippen molar-refractivity contribution in [3.8, 4) is 0 Å². The van der Waals surface area contributed by atoms with Crippen LogP contribution in [0.25, 0.3) is 0 Å². The Morgan fingerprint density at radius 1 is 1.07 bits per heavy atom. The number of benzene rings is 1. The lowest BCUT2D eigenvalue weighted by Crippen LogP contribution is -2.47. The van der Waals surface area contributed by atoms with Gasteiger partial charge in [-0.3, -0.25) is 19.2 Å². The highest BCUT2D eigenvalue weighted by Gasteiger charge is 2.20. The maximum absolute atomic E-state index is 12.2. The Bertz CT molecular complexity index is 903. The monoisotopic (exact) mass is 441 g/mol. The summed E-state index contributed by atoms with van der Waals surface area (Å²) in [6.45, 7) is 5.23. The summed E-state index contributed by atoms with van der Waals surface area (Å²) in [5, 5.41) is 2.70. The Hall–Kier alpha value is -2.79. The van der Waals surface area contributed by atoms with Gasteiger partial charge in [0.1, 0.15) is 6.54 Å². The number of carbonyl (C=O) groups is 4. The molecule has 1 rings (SSSR count). The highest BCUT2D eigenvalue weighted by Crippen LogP contribution is 2.10. The first-order chi connectivity index (χ1) is 13.7. The van der Waals surface area contributed by atoms with Gasteiger partial charge in [-0.2, -0.15) is 4.72 Å². The lowest BCUT2D eigenvalue weighted by molar-refractivity contribution is -0.151. The number of sulfonamides is 1. The van der Waals surface area contributed by atoms with Crippen LogP contribution in [0.1, 0.15) is 38.1 Å². The lowest BCUT2D eigenvalue weighted by Gasteiger charge is -2.23. The van der Waals surface area contributed by atoms with Crippen LogP contribution < -0.4 is 10.0 Å². The van der Waals surface area contributed by atoms with Crippen LogP contribution in [0, 0.1) is 0 Å². The van der Waals surface area contributed by atoms with Gasteiger partial charge in [0, 0.05) is 18.2 Å². The molecule has 10 nitrogen and oxygen atoms in total. The number of ether oxygens (including phenoxy) is 1. The van der Waals surface area contributed by atoms with Gasteiger partial charge in [-0.05, 0) is 39.8 Å². The van der Waals surface area contributed by atoms with Gasteiger partial charge in [-0.15, -0.1) is 0 Å². The quantitative estimate of drug-likeness (QED) is 0.409. The van der Waals surface area contributed by atoms with E-state index in [9.17, 15) is 27.6 Å². The smallest absolute Gasteiger partial charge is 0.321 e. The van der Waals surface area contributed by atoms with Crippen molar-refractivity contribution in [2.75, 3.05) is 26.7 Å². The molecule has 11 heteroatoms. The largest absolute Gasteiger partial charge is 0.455 e. The third kappa shape index (κ3) is 8.70. The van der Waals surface area contributed by atoms with E-state index in [0.29, 0.717) is 5.56 Å². The van der Waals surface area contributed by atoms with E-state index in [1.807, 2.05) is 0 Å². The molecular formula is C19H27N3O7S. The summed E-state index contributed by atoms with van der Waals surface area (Å²) in [7, 11) is -2.62. The van der Waals surface area contributed by atoms with E-state index in [0.717, 1.165) is 4.90 Å². The summed E-state index contributed by atoms with van der Waals surface area (Å²) in [4.78, 5) is 47.7. The number of esters is 1. The van der Waals surface area contributed by atoms with Crippen LogP contribution in [0.5, 0.6) is 0 Å². The first-order valence-electron chi connectivity index (χ1n) is 9.02. The van der Waals surface area contributed by atoms with Crippen LogP contribution >= 0.6 is 0 Å². The summed E-state index contributed by atoms with van der Waals surface area (Å²) in [5.41, 5.74) is -0.0936. The highest BCUT2D eigenvalue weighted by atomic mass is 32.2. The summed E-state index contributed by atoms with van der Waals surface area (Å²) in [6, 6.07) is 5.20. The van der Waals surface area contributed by atoms with E-state index in [1.54, 1.807) is 20.8 Å². The summed E-state index contributed by atoms with van der Waals surface area (Å²) < 4.78 is 31.2. The minimum Gasteiger partial charge on any atom is -0.455 e. The summed E-state index contributed by atoms with van der Waals surface area (Å²) in [6.07, 6.45) is 0. The molecule has 0 aliphatic heterocycles. The van der Waals surface area contributed by atoms with Crippen molar-refractivity contribution >= 4 is 33.6 Å². The molecule has 1 aromatic rings. The van der Waals surface area contributed by atoms with Crippen molar-refractivity contribution in [2.24, 2.45) is 0 Å². The Kier molecular flexibility index (Phi) is 8.67. The fourth-order valence-electron chi connectivity index (χ4n) is 2.17. The number of ketones is 1. The molecule has 0 aliphatic carbocycles. The van der Waals surface area contributed by atoms with E-state index in [1.165, 1.54) is 38.2 Å². The van der Waals surface area contributed by atoms with Crippen LogP contribution in [0.3, 0.4) is 0 Å². The molecule has 2 amide bonds. The van der Waals surface area contributed by atoms with Crippen molar-refractivity contribution in [2.45, 2.75) is 38.1 Å². The number of Topliss-reactive ketones (excluding diaryl/α,β-unsaturated/α-hetero) is 1. The topological polar surface area (TPSA) is 139 Å². The minimum atomic E-state index is -4.00. The van der Waals surface area contributed by atoms with Crippen LogP contribution in [0.15, 0.2) is 29.2 Å². The normalized spacial score (nSPS) is 11.5. The standard InChI is InChI=1S/C19H27N3O7S/c1-13(23)14-6-8-15(9-7-14)30(27,28)20-10-18(26)29-12-17(25)22(5)11-16(24)21-19(2,3)4/h6-9,20H,10-12H2,1-5H3,(H,21,24). The molecule has 166 valence electrons. The Morgan fingerprint density at radius 2 is 1.63 bits per heavy atom. The molecule has 0 saturated heterocycles. The second-order valence-corrected chi connectivity index (χ2v) is 9.38. The molecule has 0 bridgehead atoms. The van der Waals surface area contributed by atoms with Crippen LogP contribution in [0.4, 0.5) is 0 Å². The number of nitrogens with one attached hydrogen (secondary N) is 2. The fourth-order valence-corrected chi connectivity index (χ4v) is 3.14. The molecule has 0 unspecified atom stereocenters. The SMILES string of the molecule is CC(=O)c1ccc(S(=O)(=O)NCC(=O)OCC(=O)N(C)CC(=O)NC(C)(C)C)cc1. The number of carbonyl (C=O) groups excluding carboxylic acids is 4. The molecule has 0 saturated carbocycles. The molecule has 1 aromatic carbocycles. The zero-order chi connectivity index (χ0) is 23.1. The molecule has 0 spiro atoms. The van der Waals surface area contributed by atoms with E-state index < -0.39 is 40.6 Å². The van der Waals surface area contributed by atoms with Gasteiger partial charge >= 0.3 is 5.97 Å². The van der Waals surface area contributed by atoms with Crippen molar-refractivity contribution in [1.29, 1.82) is 0 Å². The molecule has 0 aromatic heterocycles. The number of hydrogen-bond donors (Lipinski definition) is 2. The molecule has 0 radical (unpaired) electrons. The van der Waals surface area contributed by atoms with Crippen molar-refractivity contribution < 1.29 is 32.3 Å². The van der Waals surface area contributed by atoms with E-state index in [-0.39, 0.29) is 23.1 Å². The molecule has 0 atom stereocenters. The number of rotatable bonds is 9. The van der Waals surface area contributed by atoms with Crippen molar-refractivity contribution in [3.63, 3.8) is 0 Å². The Labute approximate surface area is 176 Å². The molecule has 0 heterocycles. The van der Waals surface area contributed by atoms with E-state index >= 15 is 0 Å². The average molecular weight is 442 g/mol. The first kappa shape index (κ1) is 25.2. The molecule has 2 N–H and O–H groups in total. The molecular weight excluding hydrogens is 414 g/mol. The Balaban J connectivity index is 2.49. The van der Waals surface area contributed by atoms with E-state index in [2.05, 4.69) is 10.0 Å². The van der Waals surface area contributed by atoms with Gasteiger partial charge in [0.25, 0.3) is 5.91 Å². The van der Waals surface area contributed by atoms with E-state index in [4.69, 9.17) is 4.74 Å². The maximum atomic E-state index is 12.2. The second kappa shape index (κ2) is 10.3. The van der Waals surface area contributed by atoms with Gasteiger partial charge < -0.3 is 15.0 Å². The van der Waals surface area contributed by atoms with Crippen LogP contribution in [-0.2, 0) is 29.1 Å². The summed E-state index contributed by atoms with van der Waals surface area (Å²) in [5.74, 6) is -2.15. The Morgan fingerprint density at radius 3 is 2.13 bits per heavy atom. The van der Waals surface area contributed by atoms with Gasteiger partial charge in [0.15, 0.2) is 12.4 Å². The minimum absolute atomic E-state index is 0.124. The zero-order valence-corrected chi connectivity index (χ0v) is 18.5. The average Bonchev–Trinajstić information content (AvgIpc) is 2.62. The molecule has 0 fully saturated rings. The van der Waals surface area contributed by atoms with Crippen molar-refractivity contribution in [1.82, 2.24) is 14.9 Å². The number of amides is 2. The number of nitrogens with zero attached hydrogens (tertiary/aromatic N) is 1.